The van der Waals surface area contributed by atoms with Crippen LogP contribution in [0.1, 0.15) is 16.7 Å². The van der Waals surface area contributed by atoms with Crippen LogP contribution in [0.4, 0.5) is 26.3 Å². The van der Waals surface area contributed by atoms with Gasteiger partial charge >= 0.3 is 18.3 Å². The summed E-state index contributed by atoms with van der Waals surface area (Å²) in [6, 6.07) is 7.57. The number of nitrogens with two attached hydrogens (primary N) is 1. The van der Waals surface area contributed by atoms with E-state index in [2.05, 4.69) is 4.98 Å². The Morgan fingerprint density at radius 1 is 0.951 bits per heavy atom. The molecule has 4 aromatic rings. The molecule has 1 heterocycles. The van der Waals surface area contributed by atoms with Gasteiger partial charge in [-0.1, -0.05) is 0 Å². The second kappa shape index (κ2) is 10.6. The second-order valence-electron chi connectivity index (χ2n) is 8.81. The number of aliphatic carboxylic acids is 1. The van der Waals surface area contributed by atoms with Gasteiger partial charge in [0.15, 0.2) is 5.75 Å². The van der Waals surface area contributed by atoms with E-state index < -0.39 is 68.8 Å². The molecule has 0 bridgehead atoms. The van der Waals surface area contributed by atoms with Crippen molar-refractivity contribution in [3.8, 4) is 17.2 Å². The zero-order chi connectivity index (χ0) is 30.3. The number of rotatable bonds is 8. The minimum atomic E-state index is -5.35. The number of hydrogen-bond acceptors (Lipinski definition) is 6. The molecule has 8 nitrogen and oxygen atoms in total. The number of alkyl halides is 6. The molecule has 4 rings (SSSR count). The molecule has 1 atom stereocenters. The van der Waals surface area contributed by atoms with Crippen LogP contribution in [-0.2, 0) is 33.4 Å². The SMILES string of the molecule is COc1ccc(S(=O)(=O)c2c[nH]c3ccc(Oc4c(C(F)(F)F)cc(C[C@@H](N)C(=O)O)cc4C(F)(F)F)cc23)cc1. The molecule has 3 aromatic carbocycles. The maximum atomic E-state index is 14.0. The molecule has 218 valence electrons. The molecule has 0 aliphatic carbocycles. The van der Waals surface area contributed by atoms with Gasteiger partial charge in [0.25, 0.3) is 0 Å². The van der Waals surface area contributed by atoms with Crippen LogP contribution in [0.25, 0.3) is 10.9 Å². The van der Waals surface area contributed by atoms with Crippen molar-refractivity contribution < 1.29 is 54.1 Å². The van der Waals surface area contributed by atoms with Crippen LogP contribution in [0, 0.1) is 0 Å². The van der Waals surface area contributed by atoms with Crippen LogP contribution in [-0.4, -0.2) is 37.6 Å². The summed E-state index contributed by atoms with van der Waals surface area (Å²) in [6.07, 6.45) is -10.4. The second-order valence-corrected chi connectivity index (χ2v) is 10.7. The standard InChI is InChI=1S/C26H20F6N2O6S/c1-39-14-2-5-16(6-3-14)41(37,38)22-12-34-21-7-4-15(11-17(21)22)40-23-18(25(27,28)29)8-13(10-20(33)24(35)36)9-19(23)26(30,31)32/h2-9,11-12,20,34H,10,33H2,1H3,(H,35,36)/t20-/m1/s1. The number of carboxylic acids is 1. The predicted octanol–water partition coefficient (Wildman–Crippen LogP) is 5.79. The Hall–Kier alpha value is -4.24. The number of benzene rings is 3. The van der Waals surface area contributed by atoms with Gasteiger partial charge < -0.3 is 25.3 Å². The minimum Gasteiger partial charge on any atom is -0.497 e. The van der Waals surface area contributed by atoms with Crippen molar-refractivity contribution in [1.29, 1.82) is 0 Å². The number of hydrogen-bond donors (Lipinski definition) is 3. The fraction of sp³-hybridized carbons (Fsp3) is 0.192. The van der Waals surface area contributed by atoms with Crippen molar-refractivity contribution in [1.82, 2.24) is 4.98 Å². The summed E-state index contributed by atoms with van der Waals surface area (Å²) in [6.45, 7) is 0. The van der Waals surface area contributed by atoms with Crippen LogP contribution in [0.3, 0.4) is 0 Å². The van der Waals surface area contributed by atoms with Crippen molar-refractivity contribution in [2.75, 3.05) is 7.11 Å². The zero-order valence-corrected chi connectivity index (χ0v) is 21.6. The van der Waals surface area contributed by atoms with Crippen molar-refractivity contribution >= 4 is 26.7 Å². The van der Waals surface area contributed by atoms with Crippen molar-refractivity contribution in [2.45, 2.75) is 34.6 Å². The number of ether oxygens (including phenoxy) is 2. The third-order valence-corrected chi connectivity index (χ3v) is 7.84. The quantitative estimate of drug-likeness (QED) is 0.218. The number of fused-ring (bicyclic) bond motifs is 1. The first-order chi connectivity index (χ1) is 19.0. The van der Waals surface area contributed by atoms with Gasteiger partial charge in [-0.05, 0) is 66.6 Å². The van der Waals surface area contributed by atoms with Crippen LogP contribution in [0.5, 0.6) is 17.2 Å². The third kappa shape index (κ3) is 6.10. The van der Waals surface area contributed by atoms with Crippen LogP contribution in [0.15, 0.2) is 70.6 Å². The number of carbonyl (C=O) groups is 1. The molecule has 0 aliphatic heterocycles. The topological polar surface area (TPSA) is 132 Å². The van der Waals surface area contributed by atoms with Crippen molar-refractivity contribution in [3.63, 3.8) is 0 Å². The van der Waals surface area contributed by atoms with Crippen molar-refractivity contribution in [2.24, 2.45) is 5.73 Å². The highest BCUT2D eigenvalue weighted by Gasteiger charge is 2.43. The first-order valence-corrected chi connectivity index (χ1v) is 13.0. The molecule has 0 amide bonds. The number of nitrogens with one attached hydrogen (secondary N) is 1. The number of aromatic nitrogens is 1. The van der Waals surface area contributed by atoms with E-state index in [1.807, 2.05) is 0 Å². The van der Waals surface area contributed by atoms with Crippen LogP contribution < -0.4 is 15.2 Å². The first-order valence-electron chi connectivity index (χ1n) is 11.5. The van der Waals surface area contributed by atoms with Gasteiger partial charge in [-0.15, -0.1) is 0 Å². The molecular formula is C26H20F6N2O6S. The third-order valence-electron chi connectivity index (χ3n) is 6.03. The van der Waals surface area contributed by atoms with Gasteiger partial charge in [-0.3, -0.25) is 4.79 Å². The average molecular weight is 603 g/mol. The number of carboxylic acid groups (broad SMARTS) is 1. The molecule has 4 N–H and O–H groups in total. The number of H-pyrrole nitrogens is 1. The monoisotopic (exact) mass is 602 g/mol. The van der Waals surface area contributed by atoms with Gasteiger partial charge in [0.1, 0.15) is 17.5 Å². The van der Waals surface area contributed by atoms with E-state index in [1.54, 1.807) is 0 Å². The van der Waals surface area contributed by atoms with Gasteiger partial charge in [-0.25, -0.2) is 8.42 Å². The van der Waals surface area contributed by atoms with Gasteiger partial charge in [0, 0.05) is 17.1 Å². The molecule has 0 fully saturated rings. The Kier molecular flexibility index (Phi) is 7.71. The molecular weight excluding hydrogens is 582 g/mol. The lowest BCUT2D eigenvalue weighted by Crippen LogP contribution is -2.32. The fourth-order valence-electron chi connectivity index (χ4n) is 4.04. The van der Waals surface area contributed by atoms with E-state index in [0.717, 1.165) is 18.3 Å². The largest absolute Gasteiger partial charge is 0.497 e. The molecule has 1 aromatic heterocycles. The highest BCUT2D eigenvalue weighted by molar-refractivity contribution is 7.91. The molecule has 0 saturated carbocycles. The molecule has 0 unspecified atom stereocenters. The van der Waals surface area contributed by atoms with Crippen LogP contribution in [0.2, 0.25) is 0 Å². The highest BCUT2D eigenvalue weighted by Crippen LogP contribution is 2.47. The zero-order valence-electron chi connectivity index (χ0n) is 20.8. The summed E-state index contributed by atoms with van der Waals surface area (Å²) < 4.78 is 121. The number of sulfone groups is 1. The predicted molar refractivity (Wildman–Crippen MR) is 133 cm³/mol. The summed E-state index contributed by atoms with van der Waals surface area (Å²) >= 11 is 0. The van der Waals surface area contributed by atoms with Gasteiger partial charge in [-0.2, -0.15) is 26.3 Å². The van der Waals surface area contributed by atoms with E-state index in [0.29, 0.717) is 17.9 Å². The average Bonchev–Trinajstić information content (AvgIpc) is 3.32. The van der Waals surface area contributed by atoms with Gasteiger partial charge in [0.05, 0.1) is 28.0 Å². The Balaban J connectivity index is 1.84. The molecule has 0 saturated heterocycles. The number of halogens is 6. The lowest BCUT2D eigenvalue weighted by Gasteiger charge is -2.21. The Morgan fingerprint density at radius 3 is 2.02 bits per heavy atom. The molecule has 0 spiro atoms. The van der Waals surface area contributed by atoms with E-state index in [-0.39, 0.29) is 20.7 Å². The van der Waals surface area contributed by atoms with E-state index >= 15 is 0 Å². The maximum absolute atomic E-state index is 14.0. The Labute approximate surface area is 228 Å². The summed E-state index contributed by atoms with van der Waals surface area (Å²) in [4.78, 5) is 13.3. The van der Waals surface area contributed by atoms with E-state index in [1.165, 1.54) is 37.4 Å². The normalized spacial score (nSPS) is 13.3. The first kappa shape index (κ1) is 29.7. The van der Waals surface area contributed by atoms with E-state index in [4.69, 9.17) is 20.3 Å². The Morgan fingerprint density at radius 2 is 1.51 bits per heavy atom. The summed E-state index contributed by atoms with van der Waals surface area (Å²) in [5.41, 5.74) is 1.28. The van der Waals surface area contributed by atoms with E-state index in [9.17, 15) is 39.6 Å². The van der Waals surface area contributed by atoms with Crippen LogP contribution >= 0.6 is 0 Å². The smallest absolute Gasteiger partial charge is 0.420 e. The minimum absolute atomic E-state index is 0.0514. The number of methoxy groups -OCH3 is 1. The number of aromatic amines is 1. The summed E-state index contributed by atoms with van der Waals surface area (Å²) in [5, 5.41) is 8.90. The highest BCUT2D eigenvalue weighted by atomic mass is 32.2. The summed E-state index contributed by atoms with van der Waals surface area (Å²) in [7, 11) is -2.80. The van der Waals surface area contributed by atoms with Gasteiger partial charge in [0.2, 0.25) is 9.84 Å². The lowest BCUT2D eigenvalue weighted by atomic mass is 9.98. The summed E-state index contributed by atoms with van der Waals surface area (Å²) in [5.74, 6) is -3.34. The molecule has 41 heavy (non-hydrogen) atoms. The molecule has 15 heteroatoms. The fourth-order valence-corrected chi connectivity index (χ4v) is 5.46. The Bertz CT molecular complexity index is 1680. The lowest BCUT2D eigenvalue weighted by molar-refractivity contribution is -0.145. The van der Waals surface area contributed by atoms with Crippen molar-refractivity contribution in [3.05, 3.63) is 77.5 Å². The molecule has 0 radical (unpaired) electrons. The maximum Gasteiger partial charge on any atom is 0.420 e. The molecule has 0 aliphatic rings.